The summed E-state index contributed by atoms with van der Waals surface area (Å²) in [5, 5.41) is 10.2. The van der Waals surface area contributed by atoms with Crippen LogP contribution in [0.4, 0.5) is 9.93 Å². The van der Waals surface area contributed by atoms with Gasteiger partial charge in [0.15, 0.2) is 16.9 Å². The van der Waals surface area contributed by atoms with Gasteiger partial charge in [-0.15, -0.1) is 23.1 Å². The summed E-state index contributed by atoms with van der Waals surface area (Å²) in [4.78, 5) is 78.7. The molecule has 1 fully saturated rings. The molecule has 1 saturated heterocycles. The van der Waals surface area contributed by atoms with Gasteiger partial charge in [-0.05, 0) is 78.5 Å². The van der Waals surface area contributed by atoms with E-state index >= 15 is 0 Å². The van der Waals surface area contributed by atoms with Gasteiger partial charge in [0.25, 0.3) is 11.8 Å². The molecule has 3 amide bonds. The third kappa shape index (κ3) is 10.1. The molecule has 3 heterocycles. The highest BCUT2D eigenvalue weighted by Crippen LogP contribution is 2.42. The molecule has 0 unspecified atom stereocenters. The number of rotatable bonds is 12. The first-order valence-electron chi connectivity index (χ1n) is 18.0. The lowest BCUT2D eigenvalue weighted by Gasteiger charge is -2.49. The summed E-state index contributed by atoms with van der Waals surface area (Å²) >= 11 is 2.39. The van der Waals surface area contributed by atoms with Crippen LogP contribution in [0.1, 0.15) is 91.7 Å². The normalized spacial score (nSPS) is 17.4. The lowest BCUT2D eigenvalue weighted by atomic mass is 10.00. The van der Waals surface area contributed by atoms with Gasteiger partial charge in [0.05, 0.1) is 0 Å². The van der Waals surface area contributed by atoms with Crippen molar-refractivity contribution in [3.8, 4) is 0 Å². The number of carbonyl (C=O) groups excluding carboxylic acids is 5. The summed E-state index contributed by atoms with van der Waals surface area (Å²) in [5.41, 5.74) is -1.20. The van der Waals surface area contributed by atoms with Crippen molar-refractivity contribution in [2.45, 2.75) is 103 Å². The standard InChI is InChI=1S/C40H47N5O9S2/c1-10-23-21-55-33-28(32(47)45(33)29(23)34(48)51-30(24-17-13-11-14-18-24)25-19-15-12-16-20-25)42-31(46)27(44-54-40(8,9)35(49)52-38(2,3)4)26-22-56-36(41-26)43-37(50)53-39(5,6)7/h11-20,22,28,30,33H,10,21H2,1-9H3,(H,42,46)(H,41,43,50)/b44-27-/t28-,33-/m1/s1. The predicted molar refractivity (Wildman–Crippen MR) is 213 cm³/mol. The fraction of sp³-hybridized carbons (Fsp3) is 0.425. The number of anilines is 1. The fourth-order valence-electron chi connectivity index (χ4n) is 5.53. The number of β-lactam (4-membered cyclic amide) rings is 1. The number of amides is 3. The number of esters is 2. The smallest absolute Gasteiger partial charge is 0.413 e. The van der Waals surface area contributed by atoms with Gasteiger partial charge < -0.3 is 24.4 Å². The first kappa shape index (κ1) is 41.9. The maximum atomic E-state index is 14.1. The van der Waals surface area contributed by atoms with E-state index in [4.69, 9.17) is 19.0 Å². The second-order valence-corrected chi connectivity index (χ2v) is 17.4. The van der Waals surface area contributed by atoms with Gasteiger partial charge in [-0.2, -0.15) is 0 Å². The molecule has 0 aliphatic carbocycles. The highest BCUT2D eigenvalue weighted by atomic mass is 32.2. The minimum atomic E-state index is -1.64. The van der Waals surface area contributed by atoms with Gasteiger partial charge in [-0.3, -0.25) is 19.8 Å². The van der Waals surface area contributed by atoms with Crippen LogP contribution in [0.2, 0.25) is 0 Å². The van der Waals surface area contributed by atoms with Gasteiger partial charge in [0, 0.05) is 11.1 Å². The third-order valence-electron chi connectivity index (χ3n) is 8.21. The van der Waals surface area contributed by atoms with E-state index in [0.717, 1.165) is 28.0 Å². The Hall–Kier alpha value is -5.22. The van der Waals surface area contributed by atoms with Crippen LogP contribution in [0.3, 0.4) is 0 Å². The zero-order chi connectivity index (χ0) is 41.0. The summed E-state index contributed by atoms with van der Waals surface area (Å²) in [6, 6.07) is 17.6. The molecule has 16 heteroatoms. The number of carbonyl (C=O) groups is 5. The van der Waals surface area contributed by atoms with Gasteiger partial charge in [0.2, 0.25) is 5.60 Å². The lowest BCUT2D eigenvalue weighted by Crippen LogP contribution is -2.71. The quantitative estimate of drug-likeness (QED) is 0.0653. The number of hydrogen-bond acceptors (Lipinski definition) is 13. The Morgan fingerprint density at radius 2 is 1.50 bits per heavy atom. The second kappa shape index (κ2) is 16.9. The van der Waals surface area contributed by atoms with E-state index in [2.05, 4.69) is 20.8 Å². The van der Waals surface area contributed by atoms with Crippen molar-refractivity contribution in [1.82, 2.24) is 15.2 Å². The van der Waals surface area contributed by atoms with Crippen molar-refractivity contribution in [3.05, 3.63) is 94.1 Å². The summed E-state index contributed by atoms with van der Waals surface area (Å²) < 4.78 is 17.0. The molecule has 3 aromatic rings. The lowest BCUT2D eigenvalue weighted by molar-refractivity contribution is -0.179. The Balaban J connectivity index is 1.39. The molecule has 5 rings (SSSR count). The summed E-state index contributed by atoms with van der Waals surface area (Å²) in [7, 11) is 0. The highest BCUT2D eigenvalue weighted by molar-refractivity contribution is 8.00. The Bertz CT molecular complexity index is 1980. The SMILES string of the molecule is CCC1=C(C(=O)OC(c2ccccc2)c2ccccc2)N2C(=O)[C@@H](NC(=O)/C(=N\OC(C)(C)C(=O)OC(C)(C)C)c3csc(NC(=O)OC(C)(C)C)n3)[C@H]2SC1. The largest absolute Gasteiger partial charge is 0.457 e. The van der Waals surface area contributed by atoms with Crippen molar-refractivity contribution >= 4 is 63.8 Å². The molecule has 2 N–H and O–H groups in total. The van der Waals surface area contributed by atoms with Crippen molar-refractivity contribution < 1.29 is 43.0 Å². The van der Waals surface area contributed by atoms with Crippen LogP contribution in [-0.4, -0.2) is 79.4 Å². The molecule has 2 aliphatic rings. The number of thiazole rings is 1. The maximum Gasteiger partial charge on any atom is 0.413 e. The summed E-state index contributed by atoms with van der Waals surface area (Å²) in [5.74, 6) is -2.34. The van der Waals surface area contributed by atoms with Crippen LogP contribution in [0, 0.1) is 0 Å². The first-order valence-corrected chi connectivity index (χ1v) is 19.9. The van der Waals surface area contributed by atoms with E-state index in [0.29, 0.717) is 12.2 Å². The molecule has 2 aliphatic heterocycles. The number of benzene rings is 2. The number of thioether (sulfide) groups is 1. The van der Waals surface area contributed by atoms with Crippen LogP contribution in [0.15, 0.2) is 82.5 Å². The Labute approximate surface area is 334 Å². The maximum absolute atomic E-state index is 14.1. The fourth-order valence-corrected chi connectivity index (χ4v) is 7.66. The monoisotopic (exact) mass is 805 g/mol. The molecule has 14 nitrogen and oxygen atoms in total. The van der Waals surface area contributed by atoms with E-state index in [1.165, 1.54) is 35.9 Å². The highest BCUT2D eigenvalue weighted by Gasteiger charge is 2.55. The second-order valence-electron chi connectivity index (χ2n) is 15.5. The predicted octanol–water partition coefficient (Wildman–Crippen LogP) is 6.73. The van der Waals surface area contributed by atoms with Crippen LogP contribution in [-0.2, 0) is 38.2 Å². The molecule has 0 radical (unpaired) electrons. The molecular weight excluding hydrogens is 759 g/mol. The molecule has 0 saturated carbocycles. The number of aromatic nitrogens is 1. The van der Waals surface area contributed by atoms with E-state index in [1.54, 1.807) is 41.5 Å². The van der Waals surface area contributed by atoms with E-state index in [1.807, 2.05) is 67.6 Å². The first-order chi connectivity index (χ1) is 26.3. The van der Waals surface area contributed by atoms with Crippen LogP contribution in [0.25, 0.3) is 0 Å². The van der Waals surface area contributed by atoms with Crippen molar-refractivity contribution in [2.24, 2.45) is 5.16 Å². The molecule has 2 atom stereocenters. The van der Waals surface area contributed by atoms with Crippen molar-refractivity contribution in [1.29, 1.82) is 0 Å². The average Bonchev–Trinajstić information content (AvgIpc) is 3.58. The van der Waals surface area contributed by atoms with Gasteiger partial charge in [0.1, 0.15) is 34.0 Å². The minimum Gasteiger partial charge on any atom is -0.457 e. The Morgan fingerprint density at radius 3 is 2.05 bits per heavy atom. The topological polar surface area (TPSA) is 175 Å². The minimum absolute atomic E-state index is 0.0104. The van der Waals surface area contributed by atoms with Gasteiger partial charge in [-0.1, -0.05) is 72.7 Å². The summed E-state index contributed by atoms with van der Waals surface area (Å²) in [6.45, 7) is 15.0. The molecule has 56 heavy (non-hydrogen) atoms. The number of fused-ring (bicyclic) bond motifs is 1. The average molecular weight is 806 g/mol. The molecule has 1 aromatic heterocycles. The molecule has 0 spiro atoms. The number of nitrogens with one attached hydrogen (secondary N) is 2. The van der Waals surface area contributed by atoms with E-state index in [9.17, 15) is 24.0 Å². The zero-order valence-electron chi connectivity index (χ0n) is 32.8. The van der Waals surface area contributed by atoms with Crippen LogP contribution in [0.5, 0.6) is 0 Å². The molecule has 0 bridgehead atoms. The van der Waals surface area contributed by atoms with Crippen molar-refractivity contribution in [3.63, 3.8) is 0 Å². The third-order valence-corrected chi connectivity index (χ3v) is 10.3. The molecule has 2 aromatic carbocycles. The summed E-state index contributed by atoms with van der Waals surface area (Å²) in [6.07, 6.45) is -0.991. The van der Waals surface area contributed by atoms with Crippen LogP contribution >= 0.6 is 23.1 Å². The van der Waals surface area contributed by atoms with E-state index < -0.39 is 64.2 Å². The van der Waals surface area contributed by atoms with Crippen LogP contribution < -0.4 is 10.6 Å². The van der Waals surface area contributed by atoms with E-state index in [-0.39, 0.29) is 22.2 Å². The number of hydrogen-bond donors (Lipinski definition) is 2. The number of oxime groups is 1. The van der Waals surface area contributed by atoms with Crippen molar-refractivity contribution in [2.75, 3.05) is 11.1 Å². The number of ether oxygens (including phenoxy) is 3. The number of nitrogens with zero attached hydrogens (tertiary/aromatic N) is 3. The van der Waals surface area contributed by atoms with Gasteiger partial charge in [-0.25, -0.2) is 19.4 Å². The zero-order valence-corrected chi connectivity index (χ0v) is 34.5. The molecule has 298 valence electrons. The Kier molecular flexibility index (Phi) is 12.6. The Morgan fingerprint density at radius 1 is 0.911 bits per heavy atom. The molecular formula is C40H47N5O9S2. The van der Waals surface area contributed by atoms with Gasteiger partial charge >= 0.3 is 18.0 Å².